The summed E-state index contributed by atoms with van der Waals surface area (Å²) in [6.07, 6.45) is 2.00. The predicted octanol–water partition coefficient (Wildman–Crippen LogP) is 5.58. The smallest absolute Gasteiger partial charge is 0.294 e. The number of aryl methyl sites for hydroxylation is 1. The highest BCUT2D eigenvalue weighted by Crippen LogP contribution is 2.42. The van der Waals surface area contributed by atoms with Crippen molar-refractivity contribution in [2.45, 2.75) is 32.2 Å². The molecular weight excluding hydrogens is 414 g/mol. The van der Waals surface area contributed by atoms with Crippen LogP contribution in [0, 0.1) is 6.92 Å². The van der Waals surface area contributed by atoms with Gasteiger partial charge in [-0.15, -0.1) is 5.11 Å². The number of ketones is 1. The van der Waals surface area contributed by atoms with Gasteiger partial charge < -0.3 is 5.32 Å². The molecule has 1 aromatic heterocycles. The van der Waals surface area contributed by atoms with Gasteiger partial charge in [-0.1, -0.05) is 41.4 Å². The number of aromatic amines is 1. The molecular formula is C23H20ClN5O2. The number of allylic oxidation sites excluding steroid dienone is 2. The number of nitrogens with one attached hydrogen (secondary N) is 2. The van der Waals surface area contributed by atoms with Crippen LogP contribution in [0.4, 0.5) is 17.2 Å². The maximum Gasteiger partial charge on any atom is 0.294 e. The Balaban J connectivity index is 1.63. The molecule has 1 atom stereocenters. The molecule has 2 heterocycles. The Morgan fingerprint density at radius 3 is 2.48 bits per heavy atom. The third-order valence-corrected chi connectivity index (χ3v) is 5.90. The number of hydrogen-bond donors (Lipinski definition) is 2. The summed E-state index contributed by atoms with van der Waals surface area (Å²) in [6.45, 7) is 1.99. The second kappa shape index (κ2) is 7.67. The average Bonchev–Trinajstić information content (AvgIpc) is 3.07. The van der Waals surface area contributed by atoms with E-state index in [4.69, 9.17) is 11.6 Å². The average molecular weight is 434 g/mol. The molecule has 0 radical (unpaired) electrons. The molecule has 0 amide bonds. The van der Waals surface area contributed by atoms with Gasteiger partial charge in [0, 0.05) is 22.7 Å². The van der Waals surface area contributed by atoms with E-state index in [1.54, 1.807) is 16.8 Å². The number of hydrogen-bond acceptors (Lipinski definition) is 5. The Hall–Kier alpha value is -3.45. The maximum atomic E-state index is 12.8. The van der Waals surface area contributed by atoms with Crippen molar-refractivity contribution in [3.8, 4) is 0 Å². The monoisotopic (exact) mass is 433 g/mol. The first-order valence-corrected chi connectivity index (χ1v) is 10.5. The van der Waals surface area contributed by atoms with Gasteiger partial charge in [0.15, 0.2) is 17.3 Å². The van der Waals surface area contributed by atoms with Crippen LogP contribution < -0.4 is 10.9 Å². The third-order valence-electron chi connectivity index (χ3n) is 5.64. The van der Waals surface area contributed by atoms with E-state index >= 15 is 0 Å². The first-order valence-electron chi connectivity index (χ1n) is 10.1. The molecule has 8 heteroatoms. The number of aromatic nitrogens is 2. The number of nitrogens with zero attached hydrogens (tertiary/aromatic N) is 3. The molecule has 5 rings (SSSR count). The lowest BCUT2D eigenvalue weighted by Gasteiger charge is -2.33. The molecule has 31 heavy (non-hydrogen) atoms. The van der Waals surface area contributed by atoms with Gasteiger partial charge in [-0.05, 0) is 49.6 Å². The minimum atomic E-state index is -0.452. The molecule has 1 aliphatic heterocycles. The van der Waals surface area contributed by atoms with Gasteiger partial charge in [-0.3, -0.25) is 19.4 Å². The summed E-state index contributed by atoms with van der Waals surface area (Å²) in [7, 11) is 0. The molecule has 2 aromatic carbocycles. The molecule has 0 fully saturated rings. The highest BCUT2D eigenvalue weighted by atomic mass is 35.5. The summed E-state index contributed by atoms with van der Waals surface area (Å²) in [6, 6.07) is 14.4. The summed E-state index contributed by atoms with van der Waals surface area (Å²) < 4.78 is 1.68. The van der Waals surface area contributed by atoms with Gasteiger partial charge in [-0.2, -0.15) is 5.11 Å². The van der Waals surface area contributed by atoms with Gasteiger partial charge in [0.1, 0.15) is 6.04 Å². The second-order valence-corrected chi connectivity index (χ2v) is 8.23. The van der Waals surface area contributed by atoms with E-state index in [2.05, 4.69) is 20.6 Å². The van der Waals surface area contributed by atoms with E-state index in [9.17, 15) is 9.59 Å². The standard InChI is InChI=1S/C23H20ClN5O2/c1-13-5-11-16(12-6-13)26-27-20-22-25-17-3-2-4-18(30)19(17)21(29(22)28-23(20)31)14-7-9-15(24)10-8-14/h5-12,21,25H,2-4H2,1H3,(H,28,31). The van der Waals surface area contributed by atoms with Gasteiger partial charge in [0.2, 0.25) is 0 Å². The van der Waals surface area contributed by atoms with Crippen molar-refractivity contribution >= 4 is 34.6 Å². The van der Waals surface area contributed by atoms with E-state index in [0.717, 1.165) is 29.7 Å². The molecule has 0 spiro atoms. The van der Waals surface area contributed by atoms with E-state index < -0.39 is 6.04 Å². The minimum Gasteiger partial charge on any atom is -0.342 e. The number of azo groups is 1. The molecule has 0 saturated carbocycles. The van der Waals surface area contributed by atoms with Crippen molar-refractivity contribution in [3.63, 3.8) is 0 Å². The van der Waals surface area contributed by atoms with Crippen LogP contribution in [0.1, 0.15) is 36.4 Å². The normalized spacial score (nSPS) is 18.1. The van der Waals surface area contributed by atoms with E-state index in [1.807, 2.05) is 43.3 Å². The lowest BCUT2D eigenvalue weighted by molar-refractivity contribution is -0.116. The number of carbonyl (C=O) groups excluding carboxylic acids is 1. The topological polar surface area (TPSA) is 91.6 Å². The molecule has 7 nitrogen and oxygen atoms in total. The number of Topliss-reactive ketones (excluding diaryl/α,β-unsaturated/α-hetero) is 1. The maximum absolute atomic E-state index is 12.8. The highest BCUT2D eigenvalue weighted by Gasteiger charge is 2.37. The van der Waals surface area contributed by atoms with Gasteiger partial charge in [-0.25, -0.2) is 0 Å². The summed E-state index contributed by atoms with van der Waals surface area (Å²) in [5.41, 5.74) is 3.96. The fraction of sp³-hybridized carbons (Fsp3) is 0.217. The molecule has 1 unspecified atom stereocenters. The molecule has 2 aliphatic rings. The largest absolute Gasteiger partial charge is 0.342 e. The number of fused-ring (bicyclic) bond motifs is 1. The number of carbonyl (C=O) groups is 1. The minimum absolute atomic E-state index is 0.0803. The molecule has 0 saturated heterocycles. The third kappa shape index (κ3) is 3.51. The highest BCUT2D eigenvalue weighted by molar-refractivity contribution is 6.30. The number of benzene rings is 2. The first-order chi connectivity index (χ1) is 15.0. The number of anilines is 1. The van der Waals surface area contributed by atoms with Crippen molar-refractivity contribution in [1.82, 2.24) is 9.78 Å². The summed E-state index contributed by atoms with van der Waals surface area (Å²) >= 11 is 6.07. The molecule has 3 aromatic rings. The Morgan fingerprint density at radius 1 is 1.00 bits per heavy atom. The van der Waals surface area contributed by atoms with Crippen LogP contribution >= 0.6 is 11.6 Å². The van der Waals surface area contributed by atoms with Crippen molar-refractivity contribution in [3.05, 3.63) is 86.3 Å². The van der Waals surface area contributed by atoms with E-state index in [-0.39, 0.29) is 17.0 Å². The van der Waals surface area contributed by atoms with Crippen molar-refractivity contribution in [2.75, 3.05) is 5.32 Å². The van der Waals surface area contributed by atoms with E-state index in [0.29, 0.717) is 28.5 Å². The number of H-pyrrole nitrogens is 1. The summed E-state index contributed by atoms with van der Waals surface area (Å²) in [4.78, 5) is 25.7. The Labute approximate surface area is 183 Å². The summed E-state index contributed by atoms with van der Waals surface area (Å²) in [5.74, 6) is 0.589. The van der Waals surface area contributed by atoms with Crippen LogP contribution in [0.2, 0.25) is 5.02 Å². The van der Waals surface area contributed by atoms with Crippen LogP contribution in [-0.4, -0.2) is 15.6 Å². The molecule has 2 N–H and O–H groups in total. The van der Waals surface area contributed by atoms with Crippen LogP contribution in [-0.2, 0) is 4.79 Å². The number of rotatable bonds is 3. The Bertz CT molecular complexity index is 1280. The zero-order chi connectivity index (χ0) is 21.5. The van der Waals surface area contributed by atoms with Gasteiger partial charge in [0.05, 0.1) is 5.69 Å². The first kappa shape index (κ1) is 19.5. The number of halogens is 1. The van der Waals surface area contributed by atoms with E-state index in [1.165, 1.54) is 0 Å². The van der Waals surface area contributed by atoms with Crippen LogP contribution in [0.3, 0.4) is 0 Å². The van der Waals surface area contributed by atoms with Crippen molar-refractivity contribution in [1.29, 1.82) is 0 Å². The van der Waals surface area contributed by atoms with Crippen LogP contribution in [0.5, 0.6) is 0 Å². The Morgan fingerprint density at radius 2 is 1.74 bits per heavy atom. The van der Waals surface area contributed by atoms with Crippen LogP contribution in [0.15, 0.2) is 74.8 Å². The Kier molecular flexibility index (Phi) is 4.82. The quantitative estimate of drug-likeness (QED) is 0.528. The SMILES string of the molecule is Cc1ccc(N=Nc2c3n([nH]c2=O)C(c2ccc(Cl)cc2)C2=C(CCCC2=O)N3)cc1. The van der Waals surface area contributed by atoms with Gasteiger partial charge >= 0.3 is 0 Å². The zero-order valence-electron chi connectivity index (χ0n) is 16.9. The van der Waals surface area contributed by atoms with Crippen molar-refractivity contribution in [2.24, 2.45) is 10.2 Å². The molecule has 0 bridgehead atoms. The lowest BCUT2D eigenvalue weighted by Crippen LogP contribution is -2.31. The molecule has 1 aliphatic carbocycles. The fourth-order valence-corrected chi connectivity index (χ4v) is 4.23. The van der Waals surface area contributed by atoms with Crippen LogP contribution in [0.25, 0.3) is 0 Å². The van der Waals surface area contributed by atoms with Crippen molar-refractivity contribution < 1.29 is 4.79 Å². The van der Waals surface area contributed by atoms with Gasteiger partial charge in [0.25, 0.3) is 5.56 Å². The fourth-order valence-electron chi connectivity index (χ4n) is 4.11. The lowest BCUT2D eigenvalue weighted by atomic mass is 9.85. The molecule has 156 valence electrons. The second-order valence-electron chi connectivity index (χ2n) is 7.79. The zero-order valence-corrected chi connectivity index (χ0v) is 17.6. The summed E-state index contributed by atoms with van der Waals surface area (Å²) in [5, 5.41) is 15.2. The predicted molar refractivity (Wildman–Crippen MR) is 120 cm³/mol.